The number of phenols is 1. The molecule has 0 unspecified atom stereocenters. The van der Waals surface area contributed by atoms with E-state index in [0.717, 1.165) is 71.6 Å². The molecule has 0 fully saturated rings. The van der Waals surface area contributed by atoms with E-state index in [1.807, 2.05) is 58.3 Å². The predicted molar refractivity (Wildman–Crippen MR) is 203 cm³/mol. The number of anilines is 2. The molecule has 9 heteroatoms. The molecule has 1 N–H and O–H groups in total. The molecule has 0 spiro atoms. The molecule has 4 aromatic carbocycles. The summed E-state index contributed by atoms with van der Waals surface area (Å²) >= 11 is 0. The molecule has 52 heavy (non-hydrogen) atoms. The second kappa shape index (κ2) is 13.4. The van der Waals surface area contributed by atoms with Crippen LogP contribution in [0.3, 0.4) is 0 Å². The molecule has 0 aliphatic carbocycles. The maximum Gasteiger partial charge on any atom is 0.324 e. The first-order valence-electron chi connectivity index (χ1n) is 18.1. The van der Waals surface area contributed by atoms with Crippen molar-refractivity contribution in [1.82, 2.24) is 14.4 Å². The van der Waals surface area contributed by atoms with Crippen molar-refractivity contribution in [3.05, 3.63) is 136 Å². The monoisotopic (exact) mass is 693 g/mol. The molecule has 8 rings (SSSR count). The van der Waals surface area contributed by atoms with Gasteiger partial charge in [0.1, 0.15) is 5.75 Å². The summed E-state index contributed by atoms with van der Waals surface area (Å²) in [5.41, 5.74) is 9.69. The summed E-state index contributed by atoms with van der Waals surface area (Å²) in [4.78, 5) is 49.9. The Morgan fingerprint density at radius 3 is 2.13 bits per heavy atom. The average molecular weight is 694 g/mol. The maximum absolute atomic E-state index is 14.9. The van der Waals surface area contributed by atoms with Gasteiger partial charge < -0.3 is 24.4 Å². The number of para-hydroxylation sites is 1. The highest BCUT2D eigenvalue weighted by atomic mass is 16.3. The fourth-order valence-electron chi connectivity index (χ4n) is 8.11. The van der Waals surface area contributed by atoms with Crippen LogP contribution in [0.15, 0.2) is 97.1 Å². The third kappa shape index (κ3) is 5.89. The molecule has 0 saturated heterocycles. The molecule has 3 aliphatic rings. The van der Waals surface area contributed by atoms with E-state index >= 15 is 0 Å². The van der Waals surface area contributed by atoms with Crippen LogP contribution < -0.4 is 9.80 Å². The third-order valence-electron chi connectivity index (χ3n) is 11.1. The highest BCUT2D eigenvalue weighted by Gasteiger charge is 2.34. The predicted octanol–water partition coefficient (Wildman–Crippen LogP) is 7.63. The number of carbonyl (C=O) groups is 3. The largest absolute Gasteiger partial charge is 0.508 e. The molecule has 4 heterocycles. The lowest BCUT2D eigenvalue weighted by molar-refractivity contribution is 0.0658. The first-order chi connectivity index (χ1) is 25.2. The van der Waals surface area contributed by atoms with Crippen molar-refractivity contribution < 1.29 is 19.5 Å². The molecule has 264 valence electrons. The van der Waals surface area contributed by atoms with Crippen LogP contribution in [0.5, 0.6) is 5.75 Å². The normalized spacial score (nSPS) is 16.2. The third-order valence-corrected chi connectivity index (χ3v) is 11.1. The number of aromatic nitrogens is 1. The number of aromatic hydroxyl groups is 1. The van der Waals surface area contributed by atoms with Crippen molar-refractivity contribution in [2.45, 2.75) is 64.8 Å². The van der Waals surface area contributed by atoms with Crippen molar-refractivity contribution in [2.24, 2.45) is 0 Å². The molecule has 5 aromatic rings. The molecule has 1 atom stereocenters. The number of urea groups is 1. The first kappa shape index (κ1) is 33.3. The van der Waals surface area contributed by atoms with Crippen molar-refractivity contribution in [3.8, 4) is 17.0 Å². The van der Waals surface area contributed by atoms with E-state index in [0.29, 0.717) is 36.4 Å². The van der Waals surface area contributed by atoms with Crippen LogP contribution in [0.4, 0.5) is 16.2 Å². The minimum atomic E-state index is -0.140. The molecular formula is C43H43N5O4. The summed E-state index contributed by atoms with van der Waals surface area (Å²) < 4.78 is 2.23. The standard InChI is InChI=1S/C43H43N5O4/c1-28-21-29-11-7-8-12-30(29)27-48(28)42(51)37-23-32-26-46(43(52)45(3)33-13-5-4-6-14-33)25-31(32)22-36(37)40-24-38(39-15-9-10-20-47(39)40)41(50)44(2)34-16-18-35(49)19-17-34/h4-8,11-14,16-19,22-24,28,49H,9-10,15,20-21,25-27H2,1-3H3/t28-/m1/s1. The van der Waals surface area contributed by atoms with Gasteiger partial charge in [-0.05, 0) is 109 Å². The van der Waals surface area contributed by atoms with Gasteiger partial charge in [-0.2, -0.15) is 0 Å². The van der Waals surface area contributed by atoms with Crippen molar-refractivity contribution in [1.29, 1.82) is 0 Å². The molecule has 1 aromatic heterocycles. The summed E-state index contributed by atoms with van der Waals surface area (Å²) in [7, 11) is 3.54. The number of hydrogen-bond acceptors (Lipinski definition) is 4. The Labute approximate surface area is 304 Å². The van der Waals surface area contributed by atoms with Crippen LogP contribution in [0.25, 0.3) is 11.3 Å². The Morgan fingerprint density at radius 1 is 0.712 bits per heavy atom. The van der Waals surface area contributed by atoms with Gasteiger partial charge in [0.25, 0.3) is 11.8 Å². The first-order valence-corrected chi connectivity index (χ1v) is 18.1. The van der Waals surface area contributed by atoms with Crippen molar-refractivity contribution in [3.63, 3.8) is 0 Å². The summed E-state index contributed by atoms with van der Waals surface area (Å²) in [5, 5.41) is 9.84. The zero-order chi connectivity index (χ0) is 36.1. The van der Waals surface area contributed by atoms with Gasteiger partial charge in [0.2, 0.25) is 0 Å². The molecule has 3 aliphatic heterocycles. The summed E-state index contributed by atoms with van der Waals surface area (Å²) in [6.45, 7) is 4.19. The van der Waals surface area contributed by atoms with Crippen molar-refractivity contribution in [2.75, 3.05) is 23.9 Å². The van der Waals surface area contributed by atoms with Crippen LogP contribution in [-0.4, -0.2) is 57.5 Å². The van der Waals surface area contributed by atoms with Gasteiger partial charge in [0, 0.05) is 80.2 Å². The molecule has 9 nitrogen and oxygen atoms in total. The highest BCUT2D eigenvalue weighted by Crippen LogP contribution is 2.39. The fraction of sp³-hybridized carbons (Fsp3) is 0.279. The zero-order valence-electron chi connectivity index (χ0n) is 29.9. The molecule has 0 radical (unpaired) electrons. The minimum Gasteiger partial charge on any atom is -0.508 e. The van der Waals surface area contributed by atoms with E-state index in [1.54, 1.807) is 48.2 Å². The van der Waals surface area contributed by atoms with E-state index in [4.69, 9.17) is 0 Å². The maximum atomic E-state index is 14.9. The lowest BCUT2D eigenvalue weighted by Gasteiger charge is -2.35. The smallest absolute Gasteiger partial charge is 0.324 e. The van der Waals surface area contributed by atoms with E-state index in [-0.39, 0.29) is 29.6 Å². The summed E-state index contributed by atoms with van der Waals surface area (Å²) in [5.74, 6) is -0.0505. The van der Waals surface area contributed by atoms with Crippen LogP contribution in [-0.2, 0) is 39.0 Å². The van der Waals surface area contributed by atoms with E-state index < -0.39 is 0 Å². The molecule has 0 bridgehead atoms. The van der Waals surface area contributed by atoms with Gasteiger partial charge in [-0.15, -0.1) is 0 Å². The molecule has 0 saturated carbocycles. The van der Waals surface area contributed by atoms with Crippen LogP contribution in [0.2, 0.25) is 0 Å². The van der Waals surface area contributed by atoms with E-state index in [1.165, 1.54) is 5.56 Å². The van der Waals surface area contributed by atoms with Gasteiger partial charge >= 0.3 is 6.03 Å². The number of benzene rings is 4. The van der Waals surface area contributed by atoms with Crippen LogP contribution in [0.1, 0.15) is 68.4 Å². The number of carbonyl (C=O) groups excluding carboxylic acids is 3. The number of rotatable bonds is 5. The number of phenolic OH excluding ortho intramolecular Hbond substituents is 1. The van der Waals surface area contributed by atoms with E-state index in [2.05, 4.69) is 35.8 Å². The van der Waals surface area contributed by atoms with E-state index in [9.17, 15) is 19.5 Å². The number of fused-ring (bicyclic) bond motifs is 3. The molecular weight excluding hydrogens is 651 g/mol. The highest BCUT2D eigenvalue weighted by molar-refractivity contribution is 6.08. The number of nitrogens with zero attached hydrogens (tertiary/aromatic N) is 5. The Bertz CT molecular complexity index is 2190. The van der Waals surface area contributed by atoms with Crippen molar-refractivity contribution >= 4 is 29.2 Å². The Morgan fingerprint density at radius 2 is 1.38 bits per heavy atom. The average Bonchev–Trinajstić information content (AvgIpc) is 3.78. The quantitative estimate of drug-likeness (QED) is 0.205. The lowest BCUT2D eigenvalue weighted by atomic mass is 9.92. The molecule has 4 amide bonds. The Kier molecular flexibility index (Phi) is 8.57. The second-order valence-corrected chi connectivity index (χ2v) is 14.3. The van der Waals surface area contributed by atoms with Gasteiger partial charge in [-0.3, -0.25) is 14.5 Å². The van der Waals surface area contributed by atoms with Gasteiger partial charge in [-0.25, -0.2) is 4.79 Å². The van der Waals surface area contributed by atoms with Gasteiger partial charge in [0.05, 0.1) is 5.56 Å². The Hall–Kier alpha value is -5.83. The topological polar surface area (TPSA) is 89.3 Å². The number of hydrogen-bond donors (Lipinski definition) is 1. The Balaban J connectivity index is 1.21. The zero-order valence-corrected chi connectivity index (χ0v) is 29.9. The SMILES string of the molecule is C[C@@H]1Cc2ccccc2CN1C(=O)c1cc2c(cc1-c1cc(C(=O)N(C)c3ccc(O)cc3)c3n1CCCC3)CN(C(=O)N(C)c1ccccc1)C2. The van der Waals surface area contributed by atoms with Gasteiger partial charge in [0.15, 0.2) is 0 Å². The fourth-order valence-corrected chi connectivity index (χ4v) is 8.11. The van der Waals surface area contributed by atoms with Crippen LogP contribution in [0, 0.1) is 0 Å². The summed E-state index contributed by atoms with van der Waals surface area (Å²) in [6.07, 6.45) is 3.48. The van der Waals surface area contributed by atoms with Crippen LogP contribution >= 0.6 is 0 Å². The summed E-state index contributed by atoms with van der Waals surface area (Å²) in [6, 6.07) is 30.5. The lowest BCUT2D eigenvalue weighted by Crippen LogP contribution is -2.42. The minimum absolute atomic E-state index is 0.00145. The second-order valence-electron chi connectivity index (χ2n) is 14.3. The van der Waals surface area contributed by atoms with Gasteiger partial charge in [-0.1, -0.05) is 42.5 Å². The number of amides is 4.